The van der Waals surface area contributed by atoms with Gasteiger partial charge >= 0.3 is 0 Å². The van der Waals surface area contributed by atoms with Gasteiger partial charge in [0, 0.05) is 18.7 Å². The normalized spacial score (nSPS) is 19.2. The second-order valence-electron chi connectivity index (χ2n) is 4.74. The maximum Gasteiger partial charge on any atom is 0.230 e. The summed E-state index contributed by atoms with van der Waals surface area (Å²) in [5.41, 5.74) is 1.84. The molecule has 0 spiro atoms. The molecule has 0 radical (unpaired) electrons. The van der Waals surface area contributed by atoms with Gasteiger partial charge in [-0.1, -0.05) is 30.3 Å². The van der Waals surface area contributed by atoms with Gasteiger partial charge in [-0.15, -0.1) is 0 Å². The third-order valence-corrected chi connectivity index (χ3v) is 3.31. The van der Waals surface area contributed by atoms with E-state index in [2.05, 4.69) is 5.10 Å². The summed E-state index contributed by atoms with van der Waals surface area (Å²) in [5, 5.41) is 14.0. The number of carbonyl (C=O) groups excluding carboxylic acids is 1. The van der Waals surface area contributed by atoms with Gasteiger partial charge in [0.05, 0.1) is 24.8 Å². The molecule has 1 aromatic carbocycles. The summed E-state index contributed by atoms with van der Waals surface area (Å²) in [5.74, 6) is 0.663. The van der Waals surface area contributed by atoms with Gasteiger partial charge in [0.15, 0.2) is 0 Å². The van der Waals surface area contributed by atoms with Crippen LogP contribution < -0.4 is 4.90 Å². The fraction of sp³-hybridized carbons (Fsp3) is 0.286. The van der Waals surface area contributed by atoms with Crippen LogP contribution in [0.5, 0.6) is 0 Å². The number of aryl methyl sites for hydroxylation is 1. The average molecular weight is 257 g/mol. The lowest BCUT2D eigenvalue weighted by Gasteiger charge is -2.14. The second-order valence-corrected chi connectivity index (χ2v) is 4.74. The van der Waals surface area contributed by atoms with E-state index >= 15 is 0 Å². The number of aliphatic hydroxyl groups excluding tert-OH is 1. The summed E-state index contributed by atoms with van der Waals surface area (Å²) in [4.78, 5) is 13.4. The van der Waals surface area contributed by atoms with E-state index in [9.17, 15) is 9.90 Å². The molecule has 1 amide bonds. The van der Waals surface area contributed by atoms with Crippen LogP contribution in [-0.4, -0.2) is 33.4 Å². The van der Waals surface area contributed by atoms with E-state index in [0.717, 1.165) is 17.1 Å². The number of benzene rings is 1. The van der Waals surface area contributed by atoms with Crippen LogP contribution in [0.25, 0.3) is 11.3 Å². The molecule has 0 aliphatic carbocycles. The fourth-order valence-corrected chi connectivity index (χ4v) is 2.37. The topological polar surface area (TPSA) is 58.4 Å². The second kappa shape index (κ2) is 4.51. The van der Waals surface area contributed by atoms with Gasteiger partial charge in [-0.2, -0.15) is 5.10 Å². The molecule has 1 atom stereocenters. The standard InChI is InChI=1S/C14H15N3O2/c1-16-13(17-9-11(18)7-14(17)19)8-12(15-16)10-5-3-2-4-6-10/h2-6,8,11,18H,7,9H2,1H3. The lowest BCUT2D eigenvalue weighted by atomic mass is 10.1. The molecule has 98 valence electrons. The van der Waals surface area contributed by atoms with Crippen molar-refractivity contribution in [2.75, 3.05) is 11.4 Å². The Morgan fingerprint density at radius 1 is 1.32 bits per heavy atom. The van der Waals surface area contributed by atoms with Crippen LogP contribution in [0.3, 0.4) is 0 Å². The first-order valence-corrected chi connectivity index (χ1v) is 6.23. The lowest BCUT2D eigenvalue weighted by molar-refractivity contribution is -0.117. The zero-order chi connectivity index (χ0) is 13.4. The molecule has 1 fully saturated rings. The quantitative estimate of drug-likeness (QED) is 0.879. The third-order valence-electron chi connectivity index (χ3n) is 3.31. The zero-order valence-corrected chi connectivity index (χ0v) is 10.7. The largest absolute Gasteiger partial charge is 0.391 e. The van der Waals surface area contributed by atoms with E-state index in [0.29, 0.717) is 6.54 Å². The molecule has 0 saturated carbocycles. The predicted molar refractivity (Wildman–Crippen MR) is 71.6 cm³/mol. The molecule has 19 heavy (non-hydrogen) atoms. The number of aliphatic hydroxyl groups is 1. The minimum atomic E-state index is -0.581. The van der Waals surface area contributed by atoms with Gasteiger partial charge in [-0.25, -0.2) is 0 Å². The third kappa shape index (κ3) is 2.13. The number of amides is 1. The Kier molecular flexibility index (Phi) is 2.83. The van der Waals surface area contributed by atoms with Crippen molar-refractivity contribution < 1.29 is 9.90 Å². The number of anilines is 1. The Balaban J connectivity index is 1.96. The highest BCUT2D eigenvalue weighted by molar-refractivity contribution is 5.95. The molecule has 2 aromatic rings. The summed E-state index contributed by atoms with van der Waals surface area (Å²) in [6.45, 7) is 0.340. The Hall–Kier alpha value is -2.14. The molecule has 1 unspecified atom stereocenters. The summed E-state index contributed by atoms with van der Waals surface area (Å²) >= 11 is 0. The zero-order valence-electron chi connectivity index (χ0n) is 10.7. The minimum Gasteiger partial charge on any atom is -0.391 e. The molecular weight excluding hydrogens is 242 g/mol. The van der Waals surface area contributed by atoms with E-state index in [1.54, 1.807) is 16.6 Å². The van der Waals surface area contributed by atoms with E-state index in [-0.39, 0.29) is 12.3 Å². The molecule has 5 heteroatoms. The van der Waals surface area contributed by atoms with Crippen LogP contribution in [0.1, 0.15) is 6.42 Å². The van der Waals surface area contributed by atoms with E-state index in [1.807, 2.05) is 36.4 Å². The van der Waals surface area contributed by atoms with Crippen LogP contribution >= 0.6 is 0 Å². The van der Waals surface area contributed by atoms with Gasteiger partial charge in [-0.05, 0) is 0 Å². The van der Waals surface area contributed by atoms with Crippen LogP contribution in [0, 0.1) is 0 Å². The Bertz CT molecular complexity index is 606. The molecule has 1 N–H and O–H groups in total. The molecule has 5 nitrogen and oxygen atoms in total. The Morgan fingerprint density at radius 2 is 2.05 bits per heavy atom. The molecule has 2 heterocycles. The number of carbonyl (C=O) groups is 1. The lowest BCUT2D eigenvalue weighted by Crippen LogP contribution is -2.27. The van der Waals surface area contributed by atoms with E-state index < -0.39 is 6.10 Å². The summed E-state index contributed by atoms with van der Waals surface area (Å²) in [6.07, 6.45) is -0.395. The van der Waals surface area contributed by atoms with Crippen molar-refractivity contribution >= 4 is 11.7 Å². The van der Waals surface area contributed by atoms with Crippen LogP contribution in [0.4, 0.5) is 5.82 Å². The SMILES string of the molecule is Cn1nc(-c2ccccc2)cc1N1CC(O)CC1=O. The van der Waals surface area contributed by atoms with Crippen molar-refractivity contribution in [2.45, 2.75) is 12.5 Å². The predicted octanol–water partition coefficient (Wildman–Crippen LogP) is 1.18. The highest BCUT2D eigenvalue weighted by Crippen LogP contribution is 2.26. The highest BCUT2D eigenvalue weighted by atomic mass is 16.3. The number of aromatic nitrogens is 2. The van der Waals surface area contributed by atoms with Crippen molar-refractivity contribution in [3.8, 4) is 11.3 Å². The van der Waals surface area contributed by atoms with Crippen LogP contribution in [-0.2, 0) is 11.8 Å². The number of hydrogen-bond donors (Lipinski definition) is 1. The molecule has 1 aliphatic heterocycles. The molecule has 1 saturated heterocycles. The smallest absolute Gasteiger partial charge is 0.230 e. The molecule has 0 bridgehead atoms. The Labute approximate surface area is 111 Å². The molecule has 3 rings (SSSR count). The monoisotopic (exact) mass is 257 g/mol. The van der Waals surface area contributed by atoms with Gasteiger partial charge in [0.1, 0.15) is 5.82 Å². The van der Waals surface area contributed by atoms with Crippen LogP contribution in [0.15, 0.2) is 36.4 Å². The van der Waals surface area contributed by atoms with E-state index in [1.165, 1.54) is 0 Å². The van der Waals surface area contributed by atoms with E-state index in [4.69, 9.17) is 0 Å². The van der Waals surface area contributed by atoms with Gasteiger partial charge in [-0.3, -0.25) is 14.4 Å². The van der Waals surface area contributed by atoms with Crippen molar-refractivity contribution in [1.82, 2.24) is 9.78 Å². The van der Waals surface area contributed by atoms with Crippen molar-refractivity contribution in [1.29, 1.82) is 0 Å². The van der Waals surface area contributed by atoms with Crippen molar-refractivity contribution in [3.05, 3.63) is 36.4 Å². The molecule has 1 aromatic heterocycles. The van der Waals surface area contributed by atoms with Gasteiger partial charge in [0.25, 0.3) is 0 Å². The summed E-state index contributed by atoms with van der Waals surface area (Å²) in [6, 6.07) is 11.7. The maximum absolute atomic E-state index is 11.8. The summed E-state index contributed by atoms with van der Waals surface area (Å²) in [7, 11) is 1.81. The number of hydrogen-bond acceptors (Lipinski definition) is 3. The summed E-state index contributed by atoms with van der Waals surface area (Å²) < 4.78 is 1.68. The Morgan fingerprint density at radius 3 is 2.68 bits per heavy atom. The van der Waals surface area contributed by atoms with Crippen molar-refractivity contribution in [2.24, 2.45) is 7.05 Å². The van der Waals surface area contributed by atoms with Crippen LogP contribution in [0.2, 0.25) is 0 Å². The minimum absolute atomic E-state index is 0.0601. The maximum atomic E-state index is 11.8. The molecular formula is C14H15N3O2. The number of nitrogens with zero attached hydrogens (tertiary/aromatic N) is 3. The van der Waals surface area contributed by atoms with Gasteiger partial charge < -0.3 is 5.11 Å². The number of rotatable bonds is 2. The average Bonchev–Trinajstić information content (AvgIpc) is 2.93. The first-order valence-electron chi connectivity index (χ1n) is 6.23. The first kappa shape index (κ1) is 11.9. The first-order chi connectivity index (χ1) is 9.15. The highest BCUT2D eigenvalue weighted by Gasteiger charge is 2.31. The molecule has 1 aliphatic rings. The van der Waals surface area contributed by atoms with Crippen molar-refractivity contribution in [3.63, 3.8) is 0 Å². The fourth-order valence-electron chi connectivity index (χ4n) is 2.37. The van der Waals surface area contributed by atoms with Gasteiger partial charge in [0.2, 0.25) is 5.91 Å². The number of β-amino-alcohol motifs (C(OH)–C–C–N with tert-alkyl or cyclic N) is 1.